The van der Waals surface area contributed by atoms with Crippen LogP contribution in [-0.4, -0.2) is 15.8 Å². The first-order valence-electron chi connectivity index (χ1n) is 6.93. The summed E-state index contributed by atoms with van der Waals surface area (Å²) < 4.78 is 34.7. The minimum Gasteiger partial charge on any atom is -0.483 e. The molecular formula is C15H17F2N3O. The van der Waals surface area contributed by atoms with E-state index in [1.165, 1.54) is 12.1 Å². The summed E-state index contributed by atoms with van der Waals surface area (Å²) in [6.07, 6.45) is 5.61. The monoisotopic (exact) mass is 293 g/mol. The van der Waals surface area contributed by atoms with Crippen LogP contribution in [0.2, 0.25) is 0 Å². The molecule has 1 N–H and O–H groups in total. The average Bonchev–Trinajstić information content (AvgIpc) is 3.17. The summed E-state index contributed by atoms with van der Waals surface area (Å²) in [6, 6.07) is 3.13. The second-order valence-corrected chi connectivity index (χ2v) is 5.35. The molecular weight excluding hydrogens is 276 g/mol. The third kappa shape index (κ3) is 3.58. The van der Waals surface area contributed by atoms with Crippen molar-refractivity contribution < 1.29 is 13.5 Å². The molecule has 1 saturated carbocycles. The van der Waals surface area contributed by atoms with E-state index in [1.807, 2.05) is 0 Å². The highest BCUT2D eigenvalue weighted by atomic mass is 19.1. The number of nitrogens with one attached hydrogen (secondary N) is 1. The predicted molar refractivity (Wildman–Crippen MR) is 73.8 cm³/mol. The lowest BCUT2D eigenvalue weighted by atomic mass is 10.2. The molecule has 2 aromatic rings. The number of hydrogen-bond donors (Lipinski definition) is 1. The lowest BCUT2D eigenvalue weighted by Crippen LogP contribution is -2.15. The molecule has 3 rings (SSSR count). The molecule has 0 aliphatic heterocycles. The van der Waals surface area contributed by atoms with Crippen LogP contribution in [0.4, 0.5) is 8.78 Å². The van der Waals surface area contributed by atoms with Gasteiger partial charge in [-0.2, -0.15) is 5.10 Å². The SMILES string of the molecule is Cn1cc(COc2c(F)cc(CNC3CC3)cc2F)cn1. The third-order valence-corrected chi connectivity index (χ3v) is 3.37. The number of rotatable bonds is 6. The molecule has 0 bridgehead atoms. The van der Waals surface area contributed by atoms with Crippen molar-refractivity contribution in [3.05, 3.63) is 47.3 Å². The first-order chi connectivity index (χ1) is 10.1. The van der Waals surface area contributed by atoms with Crippen LogP contribution in [0.25, 0.3) is 0 Å². The van der Waals surface area contributed by atoms with Crippen LogP contribution in [0.3, 0.4) is 0 Å². The Bertz CT molecular complexity index is 615. The van der Waals surface area contributed by atoms with Crippen LogP contribution in [-0.2, 0) is 20.2 Å². The fourth-order valence-corrected chi connectivity index (χ4v) is 2.10. The van der Waals surface area contributed by atoms with Gasteiger partial charge in [-0.15, -0.1) is 0 Å². The Hall–Kier alpha value is -1.95. The van der Waals surface area contributed by atoms with Gasteiger partial charge < -0.3 is 10.1 Å². The molecule has 6 heteroatoms. The van der Waals surface area contributed by atoms with E-state index in [0.29, 0.717) is 18.2 Å². The fraction of sp³-hybridized carbons (Fsp3) is 0.400. The molecule has 0 radical (unpaired) electrons. The van der Waals surface area contributed by atoms with Crippen LogP contribution >= 0.6 is 0 Å². The minimum atomic E-state index is -0.675. The Balaban J connectivity index is 1.66. The van der Waals surface area contributed by atoms with Crippen molar-refractivity contribution in [1.29, 1.82) is 0 Å². The van der Waals surface area contributed by atoms with Crippen molar-refractivity contribution in [2.24, 2.45) is 7.05 Å². The maximum Gasteiger partial charge on any atom is 0.191 e. The lowest BCUT2D eigenvalue weighted by Gasteiger charge is -2.10. The molecule has 0 atom stereocenters. The molecule has 1 aliphatic rings. The molecule has 0 unspecified atom stereocenters. The highest BCUT2D eigenvalue weighted by Crippen LogP contribution is 2.25. The lowest BCUT2D eigenvalue weighted by molar-refractivity contribution is 0.273. The molecule has 1 aromatic carbocycles. The number of aromatic nitrogens is 2. The van der Waals surface area contributed by atoms with Crippen LogP contribution in [0, 0.1) is 11.6 Å². The van der Waals surface area contributed by atoms with Crippen LogP contribution in [0.5, 0.6) is 5.75 Å². The van der Waals surface area contributed by atoms with Crippen molar-refractivity contribution in [2.75, 3.05) is 0 Å². The van der Waals surface area contributed by atoms with E-state index < -0.39 is 11.6 Å². The van der Waals surface area contributed by atoms with Gasteiger partial charge in [0.15, 0.2) is 17.4 Å². The van der Waals surface area contributed by atoms with Gasteiger partial charge in [0.05, 0.1) is 6.20 Å². The summed E-state index contributed by atoms with van der Waals surface area (Å²) in [5, 5.41) is 7.20. The Morgan fingerprint density at radius 2 is 2.00 bits per heavy atom. The second-order valence-electron chi connectivity index (χ2n) is 5.35. The van der Waals surface area contributed by atoms with Gasteiger partial charge in [0.1, 0.15) is 6.61 Å². The molecule has 0 saturated heterocycles. The number of halogens is 2. The molecule has 0 spiro atoms. The average molecular weight is 293 g/mol. The van der Waals surface area contributed by atoms with Gasteiger partial charge in [0, 0.05) is 31.4 Å². The number of aryl methyl sites for hydroxylation is 1. The number of ether oxygens (including phenoxy) is 1. The van der Waals surface area contributed by atoms with Crippen LogP contribution < -0.4 is 10.1 Å². The maximum absolute atomic E-state index is 13.9. The highest BCUT2D eigenvalue weighted by Gasteiger charge is 2.21. The summed E-state index contributed by atoms with van der Waals surface area (Å²) in [4.78, 5) is 0. The Labute approximate surface area is 121 Å². The van der Waals surface area contributed by atoms with Crippen LogP contribution in [0.15, 0.2) is 24.5 Å². The van der Waals surface area contributed by atoms with E-state index in [4.69, 9.17) is 4.74 Å². The van der Waals surface area contributed by atoms with Gasteiger partial charge in [-0.25, -0.2) is 8.78 Å². The summed E-state index contributed by atoms with van der Waals surface area (Å²) in [7, 11) is 1.77. The van der Waals surface area contributed by atoms with E-state index in [2.05, 4.69) is 10.4 Å². The van der Waals surface area contributed by atoms with Crippen molar-refractivity contribution >= 4 is 0 Å². The maximum atomic E-state index is 13.9. The largest absolute Gasteiger partial charge is 0.483 e. The quantitative estimate of drug-likeness (QED) is 0.889. The molecule has 0 amide bonds. The Kier molecular flexibility index (Phi) is 3.88. The standard InChI is InChI=1S/C15H17F2N3O/c1-20-8-11(7-19-20)9-21-15-13(16)4-10(5-14(15)17)6-18-12-2-3-12/h4-5,7-8,12,18H,2-3,6,9H2,1H3. The smallest absolute Gasteiger partial charge is 0.191 e. The van der Waals surface area contributed by atoms with E-state index in [1.54, 1.807) is 24.1 Å². The normalized spacial score (nSPS) is 14.4. The summed E-state index contributed by atoms with van der Waals surface area (Å²) in [6.45, 7) is 0.558. The zero-order valence-corrected chi connectivity index (χ0v) is 11.8. The van der Waals surface area contributed by atoms with Crippen molar-refractivity contribution in [3.63, 3.8) is 0 Å². The first-order valence-corrected chi connectivity index (χ1v) is 6.93. The number of hydrogen-bond acceptors (Lipinski definition) is 3. The first kappa shape index (κ1) is 14.0. The zero-order valence-electron chi connectivity index (χ0n) is 11.8. The van der Waals surface area contributed by atoms with Gasteiger partial charge in [-0.05, 0) is 30.5 Å². The van der Waals surface area contributed by atoms with E-state index in [0.717, 1.165) is 18.4 Å². The minimum absolute atomic E-state index is 0.0847. The van der Waals surface area contributed by atoms with Gasteiger partial charge in [0.2, 0.25) is 0 Å². The molecule has 1 aromatic heterocycles. The topological polar surface area (TPSA) is 39.1 Å². The molecule has 112 valence electrons. The second kappa shape index (κ2) is 5.81. The molecule has 21 heavy (non-hydrogen) atoms. The highest BCUT2D eigenvalue weighted by molar-refractivity contribution is 5.31. The van der Waals surface area contributed by atoms with Crippen LogP contribution in [0.1, 0.15) is 24.0 Å². The number of benzene rings is 1. The molecule has 1 aliphatic carbocycles. The van der Waals surface area contributed by atoms with E-state index in [9.17, 15) is 8.78 Å². The fourth-order valence-electron chi connectivity index (χ4n) is 2.10. The summed E-state index contributed by atoms with van der Waals surface area (Å²) >= 11 is 0. The molecule has 1 heterocycles. The Morgan fingerprint density at radius 3 is 2.57 bits per heavy atom. The van der Waals surface area contributed by atoms with E-state index >= 15 is 0 Å². The number of nitrogens with zero attached hydrogens (tertiary/aromatic N) is 2. The van der Waals surface area contributed by atoms with Gasteiger partial charge >= 0.3 is 0 Å². The Morgan fingerprint density at radius 1 is 1.29 bits per heavy atom. The molecule has 4 nitrogen and oxygen atoms in total. The molecule has 1 fully saturated rings. The van der Waals surface area contributed by atoms with Crippen molar-refractivity contribution in [1.82, 2.24) is 15.1 Å². The van der Waals surface area contributed by atoms with Gasteiger partial charge in [-0.3, -0.25) is 4.68 Å². The summed E-state index contributed by atoms with van der Waals surface area (Å²) in [5.74, 6) is -1.69. The third-order valence-electron chi connectivity index (χ3n) is 3.37. The summed E-state index contributed by atoms with van der Waals surface area (Å²) in [5.41, 5.74) is 1.35. The predicted octanol–water partition coefficient (Wildman–Crippen LogP) is 2.53. The van der Waals surface area contributed by atoms with Crippen molar-refractivity contribution in [3.8, 4) is 5.75 Å². The van der Waals surface area contributed by atoms with Gasteiger partial charge in [-0.1, -0.05) is 0 Å². The van der Waals surface area contributed by atoms with Crippen molar-refractivity contribution in [2.45, 2.75) is 32.0 Å². The zero-order chi connectivity index (χ0) is 14.8. The van der Waals surface area contributed by atoms with E-state index in [-0.39, 0.29) is 12.4 Å². The van der Waals surface area contributed by atoms with Gasteiger partial charge in [0.25, 0.3) is 0 Å².